The van der Waals surface area contributed by atoms with Crippen molar-refractivity contribution in [3.8, 4) is 0 Å². The summed E-state index contributed by atoms with van der Waals surface area (Å²) in [5.74, 6) is -0.956. The van der Waals surface area contributed by atoms with Crippen LogP contribution in [0.4, 0.5) is 0 Å². The molecule has 21 heavy (non-hydrogen) atoms. The summed E-state index contributed by atoms with van der Waals surface area (Å²) >= 11 is 0. The number of carbonyl (C=O) groups excluding carboxylic acids is 1. The van der Waals surface area contributed by atoms with Crippen LogP contribution in [0, 0.1) is 0 Å². The van der Waals surface area contributed by atoms with E-state index in [1.807, 2.05) is 35.2 Å². The van der Waals surface area contributed by atoms with E-state index >= 15 is 0 Å². The molecule has 0 spiro atoms. The van der Waals surface area contributed by atoms with Crippen molar-refractivity contribution in [3.63, 3.8) is 0 Å². The van der Waals surface area contributed by atoms with Gasteiger partial charge in [-0.15, -0.1) is 0 Å². The number of nitrogens with two attached hydrogens (primary N) is 1. The smallest absolute Gasteiger partial charge is 0.303 e. The van der Waals surface area contributed by atoms with Gasteiger partial charge in [-0.25, -0.2) is 0 Å². The minimum atomic E-state index is -0.849. The Labute approximate surface area is 124 Å². The van der Waals surface area contributed by atoms with Crippen LogP contribution in [0.25, 0.3) is 0 Å². The Hall–Kier alpha value is -1.92. The number of carbonyl (C=O) groups is 2. The van der Waals surface area contributed by atoms with E-state index in [1.165, 1.54) is 0 Å². The normalized spacial score (nSPS) is 10.6. The summed E-state index contributed by atoms with van der Waals surface area (Å²) in [6, 6.07) is 9.89. The molecule has 0 aliphatic carbocycles. The fraction of sp³-hybridized carbons (Fsp3) is 0.467. The summed E-state index contributed by atoms with van der Waals surface area (Å²) in [4.78, 5) is 24.2. The molecule has 0 heterocycles. The summed E-state index contributed by atoms with van der Waals surface area (Å²) in [6.07, 6.45) is 0.507. The lowest BCUT2D eigenvalue weighted by molar-refractivity contribution is -0.137. The van der Waals surface area contributed by atoms with Crippen molar-refractivity contribution in [2.45, 2.75) is 19.4 Å². The molecule has 6 heteroatoms. The van der Waals surface area contributed by atoms with E-state index in [1.54, 1.807) is 0 Å². The van der Waals surface area contributed by atoms with Crippen molar-refractivity contribution in [1.29, 1.82) is 0 Å². The van der Waals surface area contributed by atoms with Crippen LogP contribution in [0.15, 0.2) is 30.3 Å². The van der Waals surface area contributed by atoms with Crippen molar-refractivity contribution in [3.05, 3.63) is 35.9 Å². The van der Waals surface area contributed by atoms with Crippen LogP contribution in [-0.4, -0.2) is 48.1 Å². The Morgan fingerprint density at radius 1 is 1.24 bits per heavy atom. The van der Waals surface area contributed by atoms with E-state index in [2.05, 4.69) is 5.32 Å². The second-order valence-corrected chi connectivity index (χ2v) is 4.83. The Balaban J connectivity index is 2.35. The number of carboxylic acid groups (broad SMARTS) is 1. The first-order chi connectivity index (χ1) is 10.1. The minimum Gasteiger partial charge on any atom is -0.481 e. The standard InChI is InChI=1S/C15H23N3O3/c16-8-10-18(11-13-5-2-1-3-6-13)12-14(19)17-9-4-7-15(20)21/h1-3,5-6H,4,7-12,16H2,(H,17,19)(H,20,21). The van der Waals surface area contributed by atoms with Crippen molar-refractivity contribution in [2.75, 3.05) is 26.2 Å². The van der Waals surface area contributed by atoms with Crippen molar-refractivity contribution in [1.82, 2.24) is 10.2 Å². The predicted molar refractivity (Wildman–Crippen MR) is 80.7 cm³/mol. The van der Waals surface area contributed by atoms with Gasteiger partial charge >= 0.3 is 5.97 Å². The van der Waals surface area contributed by atoms with Crippen LogP contribution < -0.4 is 11.1 Å². The summed E-state index contributed by atoms with van der Waals surface area (Å²) in [5.41, 5.74) is 6.70. The topological polar surface area (TPSA) is 95.7 Å². The second-order valence-electron chi connectivity index (χ2n) is 4.83. The summed E-state index contributed by atoms with van der Waals surface area (Å²) in [5, 5.41) is 11.3. The van der Waals surface area contributed by atoms with Gasteiger partial charge < -0.3 is 16.2 Å². The number of hydrogen-bond donors (Lipinski definition) is 3. The molecule has 1 rings (SSSR count). The molecule has 0 radical (unpaired) electrons. The van der Waals surface area contributed by atoms with Crippen LogP contribution >= 0.6 is 0 Å². The molecule has 0 fully saturated rings. The SMILES string of the molecule is NCCN(CC(=O)NCCCC(=O)O)Cc1ccccc1. The first kappa shape index (κ1) is 17.1. The maximum Gasteiger partial charge on any atom is 0.303 e. The zero-order valence-electron chi connectivity index (χ0n) is 12.1. The minimum absolute atomic E-state index is 0.0663. The molecule has 0 aliphatic heterocycles. The number of aliphatic carboxylic acids is 1. The third-order valence-corrected chi connectivity index (χ3v) is 2.95. The molecule has 1 aromatic rings. The Bertz CT molecular complexity index is 437. The number of nitrogens with one attached hydrogen (secondary N) is 1. The van der Waals surface area contributed by atoms with E-state index in [9.17, 15) is 9.59 Å². The van der Waals surface area contributed by atoms with Crippen LogP contribution in [-0.2, 0) is 16.1 Å². The molecule has 1 aromatic carbocycles. The zero-order chi connectivity index (χ0) is 15.5. The third-order valence-electron chi connectivity index (χ3n) is 2.95. The van der Waals surface area contributed by atoms with Gasteiger partial charge in [0, 0.05) is 32.6 Å². The molecule has 0 aliphatic rings. The van der Waals surface area contributed by atoms with E-state index in [4.69, 9.17) is 10.8 Å². The quantitative estimate of drug-likeness (QED) is 0.544. The van der Waals surface area contributed by atoms with Gasteiger partial charge in [-0.3, -0.25) is 14.5 Å². The molecule has 1 amide bonds. The monoisotopic (exact) mass is 293 g/mol. The van der Waals surface area contributed by atoms with Gasteiger partial charge in [0.15, 0.2) is 0 Å². The summed E-state index contributed by atoms with van der Waals surface area (Å²) in [7, 11) is 0. The number of rotatable bonds is 10. The van der Waals surface area contributed by atoms with E-state index < -0.39 is 5.97 Å². The van der Waals surface area contributed by atoms with Gasteiger partial charge in [0.2, 0.25) is 5.91 Å². The molecule has 0 atom stereocenters. The molecule has 0 aromatic heterocycles. The molecule has 0 unspecified atom stereocenters. The molecule has 0 bridgehead atoms. The Morgan fingerprint density at radius 2 is 1.95 bits per heavy atom. The fourth-order valence-electron chi connectivity index (χ4n) is 1.96. The maximum absolute atomic E-state index is 11.8. The Morgan fingerprint density at radius 3 is 2.57 bits per heavy atom. The predicted octanol–water partition coefficient (Wildman–Crippen LogP) is 0.428. The van der Waals surface area contributed by atoms with Crippen molar-refractivity contribution < 1.29 is 14.7 Å². The highest BCUT2D eigenvalue weighted by atomic mass is 16.4. The van der Waals surface area contributed by atoms with Gasteiger partial charge in [0.05, 0.1) is 6.54 Å². The molecule has 0 saturated carbocycles. The lowest BCUT2D eigenvalue weighted by atomic mass is 10.2. The van der Waals surface area contributed by atoms with Gasteiger partial charge in [-0.05, 0) is 12.0 Å². The second kappa shape index (κ2) is 9.90. The molecule has 0 saturated heterocycles. The highest BCUT2D eigenvalue weighted by Crippen LogP contribution is 2.03. The average molecular weight is 293 g/mol. The highest BCUT2D eigenvalue weighted by molar-refractivity contribution is 5.78. The third kappa shape index (κ3) is 8.06. The number of hydrogen-bond acceptors (Lipinski definition) is 4. The van der Waals surface area contributed by atoms with E-state index in [0.717, 1.165) is 5.56 Å². The first-order valence-corrected chi connectivity index (χ1v) is 7.06. The molecular weight excluding hydrogens is 270 g/mol. The van der Waals surface area contributed by atoms with E-state index in [0.29, 0.717) is 32.6 Å². The molecular formula is C15H23N3O3. The lowest BCUT2D eigenvalue weighted by Gasteiger charge is -2.21. The van der Waals surface area contributed by atoms with E-state index in [-0.39, 0.29) is 18.9 Å². The van der Waals surface area contributed by atoms with Crippen LogP contribution in [0.3, 0.4) is 0 Å². The van der Waals surface area contributed by atoms with Gasteiger partial charge in [0.1, 0.15) is 0 Å². The number of amides is 1. The Kier molecular flexibility index (Phi) is 8.08. The van der Waals surface area contributed by atoms with Gasteiger partial charge in [-0.1, -0.05) is 30.3 Å². The van der Waals surface area contributed by atoms with Crippen molar-refractivity contribution in [2.24, 2.45) is 5.73 Å². The summed E-state index contributed by atoms with van der Waals surface area (Å²) in [6.45, 7) is 2.43. The summed E-state index contributed by atoms with van der Waals surface area (Å²) < 4.78 is 0. The van der Waals surface area contributed by atoms with Gasteiger partial charge in [0.25, 0.3) is 0 Å². The highest BCUT2D eigenvalue weighted by Gasteiger charge is 2.10. The largest absolute Gasteiger partial charge is 0.481 e. The molecule has 116 valence electrons. The first-order valence-electron chi connectivity index (χ1n) is 7.06. The number of nitrogens with zero attached hydrogens (tertiary/aromatic N) is 1. The fourth-order valence-corrected chi connectivity index (χ4v) is 1.96. The lowest BCUT2D eigenvalue weighted by Crippen LogP contribution is -2.39. The van der Waals surface area contributed by atoms with Crippen molar-refractivity contribution >= 4 is 11.9 Å². The average Bonchev–Trinajstić information content (AvgIpc) is 2.45. The molecule has 6 nitrogen and oxygen atoms in total. The van der Waals surface area contributed by atoms with Crippen LogP contribution in [0.2, 0.25) is 0 Å². The molecule has 4 N–H and O–H groups in total. The number of carboxylic acids is 1. The van der Waals surface area contributed by atoms with Crippen LogP contribution in [0.5, 0.6) is 0 Å². The maximum atomic E-state index is 11.8. The van der Waals surface area contributed by atoms with Crippen LogP contribution in [0.1, 0.15) is 18.4 Å². The number of benzene rings is 1. The van der Waals surface area contributed by atoms with Gasteiger partial charge in [-0.2, -0.15) is 0 Å². The zero-order valence-corrected chi connectivity index (χ0v) is 12.1.